The SMILES string of the molecule is O.O=C=O.O=[C-]O.[Ca+2].[OH-]. The second-order valence-corrected chi connectivity index (χ2v) is 0.175. The summed E-state index contributed by atoms with van der Waals surface area (Å²) in [6.07, 6.45) is 0.250. The fraction of sp³-hybridized carbons (Fsp3) is 0. The third-order valence-corrected chi connectivity index (χ3v) is 0. The quantitative estimate of drug-likeness (QED) is 0.316. The molecule has 9 heavy (non-hydrogen) atoms. The average Bonchev–Trinajstić information content (AvgIpc) is 1.39. The summed E-state index contributed by atoms with van der Waals surface area (Å²) < 4.78 is 0. The van der Waals surface area contributed by atoms with Crippen molar-refractivity contribution in [2.45, 2.75) is 0 Å². The number of aliphatic hydroxyl groups excluding tert-OH is 1. The van der Waals surface area contributed by atoms with Crippen LogP contribution in [0.4, 0.5) is 0 Å². The first-order valence-electron chi connectivity index (χ1n) is 0.836. The Bertz CT molecular complexity index is 56.1. The van der Waals surface area contributed by atoms with Crippen LogP contribution in [0.5, 0.6) is 0 Å². The van der Waals surface area contributed by atoms with E-state index in [-0.39, 0.29) is 54.8 Å². The molecule has 4 N–H and O–H groups in total. The molecule has 0 aromatic rings. The summed E-state index contributed by atoms with van der Waals surface area (Å²) in [5.74, 6) is 0. The van der Waals surface area contributed by atoms with E-state index in [1.807, 2.05) is 0 Å². The van der Waals surface area contributed by atoms with Crippen molar-refractivity contribution in [1.82, 2.24) is 0 Å². The van der Waals surface area contributed by atoms with Gasteiger partial charge >= 0.3 is 43.9 Å². The molecule has 6 nitrogen and oxygen atoms in total. The van der Waals surface area contributed by atoms with Gasteiger partial charge in [0, 0.05) is 0 Å². The molecule has 0 amide bonds. The average molecular weight is 164 g/mol. The topological polar surface area (TPSA) is 133 Å². The molecular formula is C2H4CaO6. The molecule has 0 aliphatic rings. The largest absolute Gasteiger partial charge is 2.00 e. The zero-order chi connectivity index (χ0) is 5.41. The minimum absolute atomic E-state index is 0. The fourth-order valence-electron chi connectivity index (χ4n) is 0. The van der Waals surface area contributed by atoms with Crippen LogP contribution in [0.3, 0.4) is 0 Å². The second kappa shape index (κ2) is 96.3. The van der Waals surface area contributed by atoms with Crippen LogP contribution in [0, 0.1) is 0 Å². The van der Waals surface area contributed by atoms with Gasteiger partial charge in [-0.3, -0.25) is 0 Å². The van der Waals surface area contributed by atoms with Crippen molar-refractivity contribution in [2.24, 2.45) is 0 Å². The van der Waals surface area contributed by atoms with Crippen molar-refractivity contribution < 1.29 is 30.4 Å². The van der Waals surface area contributed by atoms with Gasteiger partial charge in [-0.25, -0.2) is 0 Å². The van der Waals surface area contributed by atoms with Gasteiger partial charge in [0.2, 0.25) is 0 Å². The monoisotopic (exact) mass is 164 g/mol. The van der Waals surface area contributed by atoms with Crippen LogP contribution in [-0.2, 0) is 14.4 Å². The zero-order valence-electron chi connectivity index (χ0n) is 4.33. The van der Waals surface area contributed by atoms with Gasteiger partial charge in [-0.2, -0.15) is 9.59 Å². The fourth-order valence-corrected chi connectivity index (χ4v) is 0. The first-order valence-corrected chi connectivity index (χ1v) is 0.836. The predicted molar refractivity (Wildman–Crippen MR) is 24.6 cm³/mol. The van der Waals surface area contributed by atoms with Crippen molar-refractivity contribution in [2.75, 3.05) is 0 Å². The smallest absolute Gasteiger partial charge is 0.870 e. The van der Waals surface area contributed by atoms with Crippen molar-refractivity contribution >= 4 is 50.4 Å². The summed E-state index contributed by atoms with van der Waals surface area (Å²) >= 11 is 0. The maximum absolute atomic E-state index is 8.24. The number of carbonyl (C=O) groups excluding carboxylic acids is 2. The molecule has 0 fully saturated rings. The predicted octanol–water partition coefficient (Wildman–Crippen LogP) is -2.35. The number of hydrogen-bond acceptors (Lipinski definition) is 4. The Balaban J connectivity index is -0.00000000889. The van der Waals surface area contributed by atoms with E-state index < -0.39 is 0 Å². The minimum atomic E-state index is 0. The minimum Gasteiger partial charge on any atom is -0.870 e. The maximum atomic E-state index is 8.24. The van der Waals surface area contributed by atoms with Crippen LogP contribution in [-0.4, -0.2) is 66.4 Å². The van der Waals surface area contributed by atoms with E-state index in [9.17, 15) is 0 Å². The Morgan fingerprint density at radius 3 is 1.33 bits per heavy atom. The molecule has 0 spiro atoms. The Labute approximate surface area is 80.5 Å². The van der Waals surface area contributed by atoms with Gasteiger partial charge in [0.1, 0.15) is 0 Å². The molecule has 0 saturated carbocycles. The molecule has 0 atom stereocenters. The molecule has 0 aromatic heterocycles. The molecule has 0 heterocycles. The van der Waals surface area contributed by atoms with Gasteiger partial charge in [-0.05, 0) is 0 Å². The van der Waals surface area contributed by atoms with Crippen molar-refractivity contribution in [3.8, 4) is 0 Å². The maximum Gasteiger partial charge on any atom is 2.00 e. The molecule has 0 unspecified atom stereocenters. The third-order valence-electron chi connectivity index (χ3n) is 0. The van der Waals surface area contributed by atoms with E-state index in [2.05, 4.69) is 0 Å². The molecule has 0 saturated heterocycles. The van der Waals surface area contributed by atoms with Crippen LogP contribution in [0.15, 0.2) is 0 Å². The van der Waals surface area contributed by atoms with E-state index in [0.717, 1.165) is 0 Å². The van der Waals surface area contributed by atoms with Crippen LogP contribution in [0.1, 0.15) is 0 Å². The summed E-state index contributed by atoms with van der Waals surface area (Å²) in [7, 11) is 0. The summed E-state index contributed by atoms with van der Waals surface area (Å²) in [5, 5.41) is 6.76. The van der Waals surface area contributed by atoms with Crippen LogP contribution in [0.25, 0.3) is 0 Å². The van der Waals surface area contributed by atoms with Crippen molar-refractivity contribution in [1.29, 1.82) is 0 Å². The summed E-state index contributed by atoms with van der Waals surface area (Å²) in [6, 6.07) is 0. The Hall–Kier alpha value is 0.0297. The Morgan fingerprint density at radius 1 is 1.33 bits per heavy atom. The Morgan fingerprint density at radius 2 is 1.33 bits per heavy atom. The van der Waals surface area contributed by atoms with Crippen LogP contribution in [0.2, 0.25) is 0 Å². The summed E-state index contributed by atoms with van der Waals surface area (Å²) in [4.78, 5) is 24.5. The van der Waals surface area contributed by atoms with E-state index in [0.29, 0.717) is 6.47 Å². The van der Waals surface area contributed by atoms with Crippen LogP contribution < -0.4 is 0 Å². The first-order chi connectivity index (χ1) is 2.83. The number of rotatable bonds is 0. The Kier molecular flexibility index (Phi) is 384. The molecular weight excluding hydrogens is 160 g/mol. The van der Waals surface area contributed by atoms with Crippen molar-refractivity contribution in [3.05, 3.63) is 0 Å². The van der Waals surface area contributed by atoms with Gasteiger partial charge in [-0.15, -0.1) is 0 Å². The normalized spacial score (nSPS) is 2.22. The van der Waals surface area contributed by atoms with Crippen molar-refractivity contribution in [3.63, 3.8) is 0 Å². The third kappa shape index (κ3) is 330000. The standard InChI is InChI=1S/CHO2.CO2.Ca.2H2O/c2*2-1-3;;;/h(H,2,3);;;2*1H2/q-1;;+2;;/p-1. The molecule has 0 rings (SSSR count). The van der Waals surface area contributed by atoms with Gasteiger partial charge in [-0.1, -0.05) is 6.47 Å². The van der Waals surface area contributed by atoms with Gasteiger partial charge < -0.3 is 20.9 Å². The van der Waals surface area contributed by atoms with Gasteiger partial charge in [0.25, 0.3) is 0 Å². The van der Waals surface area contributed by atoms with Gasteiger partial charge in [0.05, 0.1) is 0 Å². The molecule has 50 valence electrons. The van der Waals surface area contributed by atoms with E-state index in [1.54, 1.807) is 0 Å². The summed E-state index contributed by atoms with van der Waals surface area (Å²) in [5.41, 5.74) is 0. The van der Waals surface area contributed by atoms with Gasteiger partial charge in [0.15, 0.2) is 0 Å². The van der Waals surface area contributed by atoms with Crippen LogP contribution >= 0.6 is 0 Å². The molecule has 0 bridgehead atoms. The van der Waals surface area contributed by atoms with E-state index in [1.165, 1.54) is 0 Å². The summed E-state index contributed by atoms with van der Waals surface area (Å²) in [6.45, 7) is 0.500. The molecule has 7 heteroatoms. The molecule has 0 aliphatic heterocycles. The van der Waals surface area contributed by atoms with E-state index >= 15 is 0 Å². The molecule has 0 aromatic carbocycles. The second-order valence-electron chi connectivity index (χ2n) is 0.175. The molecule has 0 radical (unpaired) electrons. The molecule has 0 aliphatic carbocycles. The zero-order valence-corrected chi connectivity index (χ0v) is 6.53. The number of hydrogen-bond donors (Lipinski definition) is 1. The van der Waals surface area contributed by atoms with E-state index in [4.69, 9.17) is 19.5 Å². The first kappa shape index (κ1) is 35.9.